The van der Waals surface area contributed by atoms with Gasteiger partial charge < -0.3 is 11.5 Å². The normalized spacial score (nSPS) is 9.33. The molecular formula is C9H10N2O. The minimum atomic E-state index is -0.514. The van der Waals surface area contributed by atoms with Crippen LogP contribution in [-0.2, 0) is 4.79 Å². The second-order valence-electron chi connectivity index (χ2n) is 2.46. The van der Waals surface area contributed by atoms with Crippen LogP contribution in [0.3, 0.4) is 0 Å². The van der Waals surface area contributed by atoms with Crippen molar-refractivity contribution in [3.05, 3.63) is 36.4 Å². The van der Waals surface area contributed by atoms with E-state index < -0.39 is 5.91 Å². The smallest absolute Gasteiger partial charge is 0.248 e. The van der Waals surface area contributed by atoms with Crippen molar-refractivity contribution in [3.63, 3.8) is 0 Å². The molecule has 1 aromatic rings. The molecule has 0 atom stereocenters. The molecule has 62 valence electrons. The lowest BCUT2D eigenvalue weighted by Gasteiger charge is -2.00. The van der Waals surface area contributed by atoms with E-state index >= 15 is 0 Å². The lowest BCUT2D eigenvalue weighted by Crippen LogP contribution is -2.11. The van der Waals surface area contributed by atoms with Crippen molar-refractivity contribution in [2.24, 2.45) is 5.73 Å². The first-order valence-electron chi connectivity index (χ1n) is 3.46. The summed E-state index contributed by atoms with van der Waals surface area (Å²) in [6.07, 6.45) is 0. The van der Waals surface area contributed by atoms with Gasteiger partial charge in [0.15, 0.2) is 0 Å². The zero-order valence-corrected chi connectivity index (χ0v) is 6.58. The summed E-state index contributed by atoms with van der Waals surface area (Å²) in [6.45, 7) is 3.54. The molecule has 4 N–H and O–H groups in total. The van der Waals surface area contributed by atoms with E-state index in [2.05, 4.69) is 6.58 Å². The van der Waals surface area contributed by atoms with Crippen molar-refractivity contribution in [2.45, 2.75) is 0 Å². The lowest BCUT2D eigenvalue weighted by atomic mass is 10.1. The van der Waals surface area contributed by atoms with Gasteiger partial charge in [-0.05, 0) is 17.7 Å². The topological polar surface area (TPSA) is 69.1 Å². The molecule has 1 rings (SSSR count). The summed E-state index contributed by atoms with van der Waals surface area (Å²) >= 11 is 0. The van der Waals surface area contributed by atoms with Crippen LogP contribution in [0.1, 0.15) is 5.56 Å². The number of hydrogen-bond acceptors (Lipinski definition) is 2. The number of carbonyl (C=O) groups excluding carboxylic acids is 1. The van der Waals surface area contributed by atoms with Crippen molar-refractivity contribution in [3.8, 4) is 0 Å². The largest absolute Gasteiger partial charge is 0.399 e. The minimum absolute atomic E-state index is 0.301. The summed E-state index contributed by atoms with van der Waals surface area (Å²) < 4.78 is 0. The van der Waals surface area contributed by atoms with E-state index in [1.807, 2.05) is 0 Å². The Morgan fingerprint density at radius 1 is 1.25 bits per heavy atom. The van der Waals surface area contributed by atoms with Crippen LogP contribution in [0, 0.1) is 0 Å². The van der Waals surface area contributed by atoms with Crippen LogP contribution in [-0.4, -0.2) is 5.91 Å². The predicted molar refractivity (Wildman–Crippen MR) is 49.1 cm³/mol. The Bertz CT molecular complexity index is 314. The van der Waals surface area contributed by atoms with Crippen LogP contribution in [0.15, 0.2) is 30.8 Å². The molecule has 0 aliphatic rings. The van der Waals surface area contributed by atoms with Crippen molar-refractivity contribution in [1.82, 2.24) is 0 Å². The molecule has 0 radical (unpaired) electrons. The van der Waals surface area contributed by atoms with Crippen LogP contribution < -0.4 is 11.5 Å². The number of hydrogen-bond donors (Lipinski definition) is 2. The van der Waals surface area contributed by atoms with E-state index in [9.17, 15) is 4.79 Å². The minimum Gasteiger partial charge on any atom is -0.399 e. The molecule has 1 aromatic carbocycles. The van der Waals surface area contributed by atoms with Gasteiger partial charge >= 0.3 is 0 Å². The van der Waals surface area contributed by atoms with Gasteiger partial charge in [-0.15, -0.1) is 0 Å². The van der Waals surface area contributed by atoms with Gasteiger partial charge in [0.05, 0.1) is 0 Å². The average molecular weight is 162 g/mol. The van der Waals surface area contributed by atoms with E-state index in [0.717, 1.165) is 0 Å². The quantitative estimate of drug-likeness (QED) is 0.498. The van der Waals surface area contributed by atoms with Gasteiger partial charge in [-0.1, -0.05) is 18.7 Å². The first kappa shape index (κ1) is 8.33. The summed E-state index contributed by atoms with van der Waals surface area (Å²) in [5.74, 6) is -0.514. The third kappa shape index (κ3) is 1.63. The van der Waals surface area contributed by atoms with Crippen LogP contribution in [0.2, 0.25) is 0 Å². The Hall–Kier alpha value is -1.77. The van der Waals surface area contributed by atoms with Crippen LogP contribution >= 0.6 is 0 Å². The Kier molecular flexibility index (Phi) is 2.14. The molecule has 12 heavy (non-hydrogen) atoms. The molecular weight excluding hydrogens is 152 g/mol. The monoisotopic (exact) mass is 162 g/mol. The highest BCUT2D eigenvalue weighted by Gasteiger charge is 2.03. The molecule has 0 heterocycles. The van der Waals surface area contributed by atoms with E-state index in [4.69, 9.17) is 11.5 Å². The number of nitrogen functional groups attached to an aromatic ring is 1. The van der Waals surface area contributed by atoms with Crippen molar-refractivity contribution in [2.75, 3.05) is 5.73 Å². The zero-order valence-electron chi connectivity index (χ0n) is 6.58. The van der Waals surface area contributed by atoms with Gasteiger partial charge in [0.2, 0.25) is 5.91 Å². The number of anilines is 1. The number of nitrogens with two attached hydrogens (primary N) is 2. The van der Waals surface area contributed by atoms with Crippen molar-refractivity contribution >= 4 is 17.2 Å². The van der Waals surface area contributed by atoms with E-state index in [0.29, 0.717) is 16.8 Å². The van der Waals surface area contributed by atoms with Crippen LogP contribution in [0.5, 0.6) is 0 Å². The Labute approximate surface area is 70.7 Å². The van der Waals surface area contributed by atoms with Gasteiger partial charge in [-0.3, -0.25) is 4.79 Å². The molecule has 0 aliphatic heterocycles. The number of benzene rings is 1. The molecule has 0 aromatic heterocycles. The molecule has 1 amide bonds. The highest BCUT2D eigenvalue weighted by molar-refractivity contribution is 6.17. The average Bonchev–Trinajstić information content (AvgIpc) is 2.04. The maximum Gasteiger partial charge on any atom is 0.248 e. The van der Waals surface area contributed by atoms with Crippen molar-refractivity contribution in [1.29, 1.82) is 0 Å². The molecule has 0 saturated carbocycles. The molecule has 0 aliphatic carbocycles. The summed E-state index contributed by atoms with van der Waals surface area (Å²) in [5.41, 5.74) is 12.1. The maximum atomic E-state index is 10.7. The second-order valence-corrected chi connectivity index (χ2v) is 2.46. The molecule has 3 heteroatoms. The molecule has 3 nitrogen and oxygen atoms in total. The third-order valence-electron chi connectivity index (χ3n) is 1.56. The number of primary amides is 1. The van der Waals surface area contributed by atoms with Crippen LogP contribution in [0.25, 0.3) is 5.57 Å². The summed E-state index contributed by atoms with van der Waals surface area (Å²) in [7, 11) is 0. The number of amides is 1. The zero-order chi connectivity index (χ0) is 9.14. The number of rotatable bonds is 2. The SMILES string of the molecule is C=C(C(N)=O)c1ccc(N)cc1. The third-order valence-corrected chi connectivity index (χ3v) is 1.56. The highest BCUT2D eigenvalue weighted by Crippen LogP contribution is 2.13. The summed E-state index contributed by atoms with van der Waals surface area (Å²) in [6, 6.07) is 6.82. The van der Waals surface area contributed by atoms with E-state index in [1.165, 1.54) is 0 Å². The van der Waals surface area contributed by atoms with Gasteiger partial charge in [0.1, 0.15) is 0 Å². The van der Waals surface area contributed by atoms with Gasteiger partial charge in [-0.25, -0.2) is 0 Å². The Morgan fingerprint density at radius 3 is 2.17 bits per heavy atom. The summed E-state index contributed by atoms with van der Waals surface area (Å²) in [5, 5.41) is 0. The molecule has 0 spiro atoms. The standard InChI is InChI=1S/C9H10N2O/c1-6(9(11)12)7-2-4-8(10)5-3-7/h2-5H,1,10H2,(H2,11,12). The van der Waals surface area contributed by atoms with E-state index in [1.54, 1.807) is 24.3 Å². The van der Waals surface area contributed by atoms with Crippen LogP contribution in [0.4, 0.5) is 5.69 Å². The molecule has 0 fully saturated rings. The Balaban J connectivity index is 2.98. The first-order chi connectivity index (χ1) is 5.61. The first-order valence-corrected chi connectivity index (χ1v) is 3.46. The Morgan fingerprint density at radius 2 is 1.75 bits per heavy atom. The number of carbonyl (C=O) groups is 1. The molecule has 0 saturated heterocycles. The predicted octanol–water partition coefficient (Wildman–Crippen LogP) is 0.767. The fourth-order valence-electron chi connectivity index (χ4n) is 0.827. The van der Waals surface area contributed by atoms with Gasteiger partial charge in [-0.2, -0.15) is 0 Å². The highest BCUT2D eigenvalue weighted by atomic mass is 16.1. The van der Waals surface area contributed by atoms with Crippen molar-refractivity contribution < 1.29 is 4.79 Å². The van der Waals surface area contributed by atoms with E-state index in [-0.39, 0.29) is 0 Å². The maximum absolute atomic E-state index is 10.7. The summed E-state index contributed by atoms with van der Waals surface area (Å²) in [4.78, 5) is 10.7. The lowest BCUT2D eigenvalue weighted by molar-refractivity contribution is -0.112. The van der Waals surface area contributed by atoms with Gasteiger partial charge in [0.25, 0.3) is 0 Å². The molecule has 0 unspecified atom stereocenters. The fourth-order valence-corrected chi connectivity index (χ4v) is 0.827. The fraction of sp³-hybridized carbons (Fsp3) is 0. The second kappa shape index (κ2) is 3.09. The van der Waals surface area contributed by atoms with Gasteiger partial charge in [0, 0.05) is 11.3 Å². The molecule has 0 bridgehead atoms.